The van der Waals surface area contributed by atoms with Crippen molar-refractivity contribution in [3.63, 3.8) is 0 Å². The molecule has 5 heteroatoms. The summed E-state index contributed by atoms with van der Waals surface area (Å²) < 4.78 is 7.09. The van der Waals surface area contributed by atoms with Gasteiger partial charge in [-0.25, -0.2) is 4.98 Å². The van der Waals surface area contributed by atoms with Gasteiger partial charge < -0.3 is 9.84 Å². The molecule has 1 atom stereocenters. The van der Waals surface area contributed by atoms with E-state index in [1.165, 1.54) is 0 Å². The summed E-state index contributed by atoms with van der Waals surface area (Å²) in [5, 5.41) is 8.93. The second kappa shape index (κ2) is 3.01. The average Bonchev–Trinajstić information content (AvgIpc) is 2.62. The number of hydrogen-bond donors (Lipinski definition) is 1. The van der Waals surface area contributed by atoms with Crippen molar-refractivity contribution in [3.05, 3.63) is 11.4 Å². The number of aromatic nitrogens is 2. The lowest BCUT2D eigenvalue weighted by molar-refractivity contribution is -0.138. The molecular weight excluding hydrogens is 184 g/mol. The number of aryl methyl sites for hydroxylation is 1. The molecule has 1 aromatic rings. The van der Waals surface area contributed by atoms with Gasteiger partial charge in [0.05, 0.1) is 23.9 Å². The number of rotatable bonds is 2. The molecule has 2 heterocycles. The van der Waals surface area contributed by atoms with Crippen LogP contribution in [-0.4, -0.2) is 27.2 Å². The van der Waals surface area contributed by atoms with Crippen molar-refractivity contribution in [1.29, 1.82) is 0 Å². The minimum Gasteiger partial charge on any atom is -0.481 e. The second-order valence-corrected chi connectivity index (χ2v) is 3.43. The molecule has 0 radical (unpaired) electrons. The molecule has 0 saturated heterocycles. The molecule has 0 aromatic carbocycles. The highest BCUT2D eigenvalue weighted by atomic mass is 16.5. The molecule has 0 amide bonds. The molecule has 0 spiro atoms. The summed E-state index contributed by atoms with van der Waals surface area (Å²) in [6.45, 7) is 4.76. The first-order valence-electron chi connectivity index (χ1n) is 4.54. The zero-order chi connectivity index (χ0) is 10.3. The van der Waals surface area contributed by atoms with Gasteiger partial charge in [-0.15, -0.1) is 0 Å². The number of hydrogen-bond acceptors (Lipinski definition) is 3. The second-order valence-electron chi connectivity index (χ2n) is 3.43. The van der Waals surface area contributed by atoms with Crippen LogP contribution < -0.4 is 4.74 Å². The third-order valence-corrected chi connectivity index (χ3v) is 2.48. The zero-order valence-electron chi connectivity index (χ0n) is 8.15. The van der Waals surface area contributed by atoms with Crippen molar-refractivity contribution in [2.45, 2.75) is 26.3 Å². The van der Waals surface area contributed by atoms with Gasteiger partial charge in [-0.05, 0) is 13.8 Å². The number of carboxylic acid groups (broad SMARTS) is 1. The summed E-state index contributed by atoms with van der Waals surface area (Å²) in [5.74, 6) is -1.36. The van der Waals surface area contributed by atoms with Crippen LogP contribution in [0.1, 0.15) is 24.2 Å². The predicted octanol–water partition coefficient (Wildman–Crippen LogP) is 0.772. The summed E-state index contributed by atoms with van der Waals surface area (Å²) in [7, 11) is 0. The number of imidazole rings is 1. The molecule has 1 N–H and O–H groups in total. The maximum atomic E-state index is 10.9. The van der Waals surface area contributed by atoms with Gasteiger partial charge in [0.15, 0.2) is 0 Å². The van der Waals surface area contributed by atoms with E-state index in [-0.39, 0.29) is 0 Å². The van der Waals surface area contributed by atoms with Crippen molar-refractivity contribution in [2.75, 3.05) is 6.61 Å². The van der Waals surface area contributed by atoms with Crippen LogP contribution in [0.5, 0.6) is 6.01 Å². The summed E-state index contributed by atoms with van der Waals surface area (Å²) in [5.41, 5.74) is 1.50. The SMILES string of the molecule is Cc1nc2n(c1C(C)C(=O)O)CCO2. The minimum atomic E-state index is -0.831. The largest absolute Gasteiger partial charge is 0.481 e. The number of carboxylic acids is 1. The molecule has 14 heavy (non-hydrogen) atoms. The van der Waals surface area contributed by atoms with Crippen LogP contribution in [0, 0.1) is 6.92 Å². The van der Waals surface area contributed by atoms with Gasteiger partial charge in [-0.1, -0.05) is 0 Å². The highest BCUT2D eigenvalue weighted by Crippen LogP contribution is 2.27. The van der Waals surface area contributed by atoms with Gasteiger partial charge >= 0.3 is 5.97 Å². The van der Waals surface area contributed by atoms with Gasteiger partial charge in [0.1, 0.15) is 6.61 Å². The molecule has 5 nitrogen and oxygen atoms in total. The maximum absolute atomic E-state index is 10.9. The minimum absolute atomic E-state index is 0.530. The quantitative estimate of drug-likeness (QED) is 0.758. The lowest BCUT2D eigenvalue weighted by Crippen LogP contribution is -2.13. The Kier molecular flexibility index (Phi) is 1.94. The van der Waals surface area contributed by atoms with Gasteiger partial charge in [0.25, 0.3) is 6.01 Å². The van der Waals surface area contributed by atoms with Crippen LogP contribution >= 0.6 is 0 Å². The van der Waals surface area contributed by atoms with Crippen LogP contribution in [0.15, 0.2) is 0 Å². The van der Waals surface area contributed by atoms with Crippen LogP contribution in [0.25, 0.3) is 0 Å². The Morgan fingerprint density at radius 2 is 2.43 bits per heavy atom. The molecule has 2 rings (SSSR count). The summed E-state index contributed by atoms with van der Waals surface area (Å²) >= 11 is 0. The molecule has 76 valence electrons. The Bertz CT molecular complexity index is 384. The number of aliphatic carboxylic acids is 1. The zero-order valence-corrected chi connectivity index (χ0v) is 8.15. The molecule has 1 aliphatic heterocycles. The van der Waals surface area contributed by atoms with E-state index in [4.69, 9.17) is 9.84 Å². The highest BCUT2D eigenvalue weighted by Gasteiger charge is 2.27. The van der Waals surface area contributed by atoms with Crippen molar-refractivity contribution in [2.24, 2.45) is 0 Å². The van der Waals surface area contributed by atoms with E-state index in [0.717, 1.165) is 11.4 Å². The first-order chi connectivity index (χ1) is 6.61. The highest BCUT2D eigenvalue weighted by molar-refractivity contribution is 5.75. The number of ether oxygens (including phenoxy) is 1. The van der Waals surface area contributed by atoms with E-state index in [9.17, 15) is 4.79 Å². The van der Waals surface area contributed by atoms with E-state index < -0.39 is 11.9 Å². The Labute approximate surface area is 81.3 Å². The fraction of sp³-hybridized carbons (Fsp3) is 0.556. The van der Waals surface area contributed by atoms with Crippen LogP contribution in [-0.2, 0) is 11.3 Å². The lowest BCUT2D eigenvalue weighted by Gasteiger charge is -2.08. The normalized spacial score (nSPS) is 16.1. The van der Waals surface area contributed by atoms with E-state index in [1.54, 1.807) is 6.92 Å². The van der Waals surface area contributed by atoms with E-state index in [0.29, 0.717) is 19.2 Å². The Morgan fingerprint density at radius 3 is 3.07 bits per heavy atom. The molecule has 0 bridgehead atoms. The fourth-order valence-electron chi connectivity index (χ4n) is 1.78. The molecule has 0 aliphatic carbocycles. The average molecular weight is 196 g/mol. The smallest absolute Gasteiger partial charge is 0.312 e. The number of fused-ring (bicyclic) bond motifs is 1. The topological polar surface area (TPSA) is 64.4 Å². The summed E-state index contributed by atoms with van der Waals surface area (Å²) in [6, 6.07) is 0.547. The third kappa shape index (κ3) is 1.16. The standard InChI is InChI=1S/C9H12N2O3/c1-5(8(12)13)7-6(2)10-9-11(7)3-4-14-9/h5H,3-4H2,1-2H3,(H,12,13). The van der Waals surface area contributed by atoms with E-state index in [1.807, 2.05) is 11.5 Å². The first kappa shape index (κ1) is 9.05. The van der Waals surface area contributed by atoms with Gasteiger partial charge in [-0.2, -0.15) is 0 Å². The Hall–Kier alpha value is -1.52. The third-order valence-electron chi connectivity index (χ3n) is 2.48. The van der Waals surface area contributed by atoms with Gasteiger partial charge in [-0.3, -0.25) is 9.36 Å². The molecule has 1 aromatic heterocycles. The number of nitrogens with zero attached hydrogens (tertiary/aromatic N) is 2. The van der Waals surface area contributed by atoms with Gasteiger partial charge in [0, 0.05) is 0 Å². The lowest BCUT2D eigenvalue weighted by atomic mass is 10.1. The van der Waals surface area contributed by atoms with Crippen LogP contribution in [0.3, 0.4) is 0 Å². The Balaban J connectivity index is 2.46. The van der Waals surface area contributed by atoms with Crippen LogP contribution in [0.4, 0.5) is 0 Å². The van der Waals surface area contributed by atoms with Crippen molar-refractivity contribution in [3.8, 4) is 6.01 Å². The van der Waals surface area contributed by atoms with Crippen molar-refractivity contribution >= 4 is 5.97 Å². The Morgan fingerprint density at radius 1 is 1.71 bits per heavy atom. The monoisotopic (exact) mass is 196 g/mol. The predicted molar refractivity (Wildman–Crippen MR) is 48.5 cm³/mol. The fourth-order valence-corrected chi connectivity index (χ4v) is 1.78. The van der Waals surface area contributed by atoms with Gasteiger partial charge in [0.2, 0.25) is 0 Å². The molecular formula is C9H12N2O3. The van der Waals surface area contributed by atoms with Crippen LogP contribution in [0.2, 0.25) is 0 Å². The maximum Gasteiger partial charge on any atom is 0.312 e. The molecule has 0 fully saturated rings. The van der Waals surface area contributed by atoms with Crippen molar-refractivity contribution < 1.29 is 14.6 Å². The molecule has 1 aliphatic rings. The summed E-state index contributed by atoms with van der Waals surface area (Å²) in [6.07, 6.45) is 0. The molecule has 0 saturated carbocycles. The van der Waals surface area contributed by atoms with Crippen molar-refractivity contribution in [1.82, 2.24) is 9.55 Å². The van der Waals surface area contributed by atoms with E-state index >= 15 is 0 Å². The summed E-state index contributed by atoms with van der Waals surface area (Å²) in [4.78, 5) is 15.0. The first-order valence-corrected chi connectivity index (χ1v) is 4.54. The van der Waals surface area contributed by atoms with E-state index in [2.05, 4.69) is 4.98 Å². The molecule has 1 unspecified atom stereocenters. The number of carbonyl (C=O) groups is 1.